The van der Waals surface area contributed by atoms with Crippen molar-refractivity contribution in [3.8, 4) is 0 Å². The molecule has 1 heterocycles. The summed E-state index contributed by atoms with van der Waals surface area (Å²) in [6.45, 7) is 10.6. The summed E-state index contributed by atoms with van der Waals surface area (Å²) in [5.41, 5.74) is 7.87. The van der Waals surface area contributed by atoms with Crippen LogP contribution in [0.15, 0.2) is 23.2 Å². The predicted molar refractivity (Wildman–Crippen MR) is 115 cm³/mol. The molecule has 1 aromatic rings. The molecule has 0 unspecified atom stereocenters. The van der Waals surface area contributed by atoms with Crippen molar-refractivity contribution >= 4 is 29.3 Å². The number of nitrogens with two attached hydrogens (primary N) is 1. The minimum absolute atomic E-state index is 0.00687. The monoisotopic (exact) mass is 373 g/mol. The van der Waals surface area contributed by atoms with Crippen molar-refractivity contribution in [3.63, 3.8) is 0 Å². The Kier molecular flexibility index (Phi) is 8.10. The van der Waals surface area contributed by atoms with Gasteiger partial charge in [0, 0.05) is 18.7 Å². The van der Waals surface area contributed by atoms with Crippen LogP contribution in [0, 0.1) is 5.41 Å². The molecule has 4 N–H and O–H groups in total. The number of hydrogen-bond acceptors (Lipinski definition) is 4. The van der Waals surface area contributed by atoms with Gasteiger partial charge < -0.3 is 21.3 Å². The normalized spacial score (nSPS) is 15.8. The fourth-order valence-corrected chi connectivity index (χ4v) is 3.34. The topological polar surface area (TPSA) is 82.8 Å². The molecule has 0 aromatic heterocycles. The van der Waals surface area contributed by atoms with Gasteiger partial charge in [0.05, 0.1) is 17.7 Å². The summed E-state index contributed by atoms with van der Waals surface area (Å²) in [4.78, 5) is 18.9. The van der Waals surface area contributed by atoms with E-state index >= 15 is 0 Å². The number of nitrogens with zero attached hydrogens (tertiary/aromatic N) is 2. The summed E-state index contributed by atoms with van der Waals surface area (Å²) in [7, 11) is 0. The zero-order valence-corrected chi connectivity index (χ0v) is 17.1. The van der Waals surface area contributed by atoms with Crippen LogP contribution in [0.2, 0.25) is 0 Å². The molecule has 0 spiro atoms. The van der Waals surface area contributed by atoms with Crippen LogP contribution in [0.4, 0.5) is 17.1 Å². The Hall–Kier alpha value is -2.08. The smallest absolute Gasteiger partial charge is 0.224 e. The standard InChI is InChI=1S/C21H35N5O/c1-21(2,3)15-20(27)25-17-8-9-18(19(14-17)24-16-22)23-10-7-13-26-11-5-4-6-12-26/h8-9,14,16,23H,4-7,10-13,15H2,1-3H3,(H2,22,24)(H,25,27). The number of aliphatic imine (C=N–C) groups is 1. The number of amides is 1. The third-order valence-electron chi connectivity index (χ3n) is 4.60. The van der Waals surface area contributed by atoms with E-state index in [0.717, 1.165) is 36.6 Å². The van der Waals surface area contributed by atoms with Gasteiger partial charge in [-0.1, -0.05) is 27.2 Å². The van der Waals surface area contributed by atoms with Gasteiger partial charge in [0.1, 0.15) is 0 Å². The van der Waals surface area contributed by atoms with Crippen molar-refractivity contribution in [2.75, 3.05) is 36.8 Å². The maximum atomic E-state index is 12.1. The summed E-state index contributed by atoms with van der Waals surface area (Å²) in [5, 5.41) is 6.39. The van der Waals surface area contributed by atoms with Gasteiger partial charge in [0.25, 0.3) is 0 Å². The van der Waals surface area contributed by atoms with E-state index in [1.165, 1.54) is 38.7 Å². The van der Waals surface area contributed by atoms with Crippen LogP contribution in [0.25, 0.3) is 0 Å². The third-order valence-corrected chi connectivity index (χ3v) is 4.60. The van der Waals surface area contributed by atoms with E-state index in [1.807, 2.05) is 39.0 Å². The molecule has 6 heteroatoms. The summed E-state index contributed by atoms with van der Waals surface area (Å²) < 4.78 is 0. The molecule has 0 bridgehead atoms. The number of piperidine rings is 1. The van der Waals surface area contributed by atoms with E-state index in [2.05, 4.69) is 20.5 Å². The molecule has 2 rings (SSSR count). The first-order chi connectivity index (χ1) is 12.9. The molecular weight excluding hydrogens is 338 g/mol. The molecule has 0 aliphatic carbocycles. The van der Waals surface area contributed by atoms with E-state index < -0.39 is 0 Å². The lowest BCUT2D eigenvalue weighted by Gasteiger charge is -2.26. The highest BCUT2D eigenvalue weighted by atomic mass is 16.1. The van der Waals surface area contributed by atoms with Gasteiger partial charge in [0.15, 0.2) is 0 Å². The highest BCUT2D eigenvalue weighted by Crippen LogP contribution is 2.29. The van der Waals surface area contributed by atoms with Gasteiger partial charge in [-0.25, -0.2) is 4.99 Å². The van der Waals surface area contributed by atoms with Crippen LogP contribution >= 0.6 is 0 Å². The van der Waals surface area contributed by atoms with Crippen molar-refractivity contribution in [1.82, 2.24) is 4.90 Å². The minimum atomic E-state index is -0.0435. The molecule has 1 fully saturated rings. The van der Waals surface area contributed by atoms with Crippen molar-refractivity contribution in [3.05, 3.63) is 18.2 Å². The predicted octanol–water partition coefficient (Wildman–Crippen LogP) is 3.97. The first-order valence-electron chi connectivity index (χ1n) is 10.0. The van der Waals surface area contributed by atoms with Crippen LogP contribution < -0.4 is 16.4 Å². The number of nitrogens with one attached hydrogen (secondary N) is 2. The van der Waals surface area contributed by atoms with Gasteiger partial charge in [-0.05, 0) is 62.5 Å². The Morgan fingerprint density at radius 1 is 1.26 bits per heavy atom. The second-order valence-corrected chi connectivity index (χ2v) is 8.48. The molecule has 0 atom stereocenters. The average Bonchev–Trinajstić information content (AvgIpc) is 2.60. The first kappa shape index (κ1) is 21.2. The maximum Gasteiger partial charge on any atom is 0.224 e. The van der Waals surface area contributed by atoms with Crippen LogP contribution in [0.5, 0.6) is 0 Å². The fourth-order valence-electron chi connectivity index (χ4n) is 3.34. The number of likely N-dealkylation sites (tertiary alicyclic amines) is 1. The van der Waals surface area contributed by atoms with Gasteiger partial charge in [-0.2, -0.15) is 0 Å². The van der Waals surface area contributed by atoms with Crippen molar-refractivity contribution in [1.29, 1.82) is 0 Å². The Balaban J connectivity index is 1.89. The van der Waals surface area contributed by atoms with Crippen molar-refractivity contribution < 1.29 is 4.79 Å². The summed E-state index contributed by atoms with van der Waals surface area (Å²) in [5.74, 6) is 0.00687. The quantitative estimate of drug-likeness (QED) is 0.366. The zero-order valence-electron chi connectivity index (χ0n) is 17.1. The highest BCUT2D eigenvalue weighted by Gasteiger charge is 2.16. The molecule has 0 radical (unpaired) electrons. The van der Waals surface area contributed by atoms with E-state index in [0.29, 0.717) is 6.42 Å². The van der Waals surface area contributed by atoms with E-state index in [9.17, 15) is 4.79 Å². The molecule has 27 heavy (non-hydrogen) atoms. The largest absolute Gasteiger partial charge is 0.390 e. The molecule has 1 aliphatic heterocycles. The molecule has 150 valence electrons. The molecule has 0 saturated carbocycles. The highest BCUT2D eigenvalue weighted by molar-refractivity contribution is 5.92. The minimum Gasteiger partial charge on any atom is -0.390 e. The first-order valence-corrected chi connectivity index (χ1v) is 10.0. The zero-order chi connectivity index (χ0) is 19.7. The van der Waals surface area contributed by atoms with Crippen LogP contribution in [-0.2, 0) is 4.79 Å². The second kappa shape index (κ2) is 10.3. The van der Waals surface area contributed by atoms with E-state index in [4.69, 9.17) is 5.73 Å². The van der Waals surface area contributed by atoms with Crippen LogP contribution in [0.1, 0.15) is 52.9 Å². The molecule has 1 aromatic carbocycles. The number of carbonyl (C=O) groups is 1. The molecule has 1 amide bonds. The van der Waals surface area contributed by atoms with Crippen molar-refractivity contribution in [2.45, 2.75) is 52.9 Å². The molecular formula is C21H35N5O. The number of benzene rings is 1. The van der Waals surface area contributed by atoms with E-state index in [1.54, 1.807) is 0 Å². The number of carbonyl (C=O) groups excluding carboxylic acids is 1. The Labute approximate surface area is 163 Å². The Morgan fingerprint density at radius 2 is 2.00 bits per heavy atom. The summed E-state index contributed by atoms with van der Waals surface area (Å²) >= 11 is 0. The van der Waals surface area contributed by atoms with Gasteiger partial charge >= 0.3 is 0 Å². The van der Waals surface area contributed by atoms with Gasteiger partial charge in [-0.15, -0.1) is 0 Å². The third kappa shape index (κ3) is 7.99. The second-order valence-electron chi connectivity index (χ2n) is 8.48. The SMILES string of the molecule is CC(C)(C)CC(=O)Nc1ccc(NCCCN2CCCCC2)c(N=CN)c1. The number of rotatable bonds is 8. The lowest BCUT2D eigenvalue weighted by molar-refractivity contribution is -0.117. The Morgan fingerprint density at radius 3 is 2.67 bits per heavy atom. The maximum absolute atomic E-state index is 12.1. The lowest BCUT2D eigenvalue weighted by Crippen LogP contribution is -2.31. The molecule has 1 aliphatic rings. The van der Waals surface area contributed by atoms with Crippen LogP contribution in [0.3, 0.4) is 0 Å². The van der Waals surface area contributed by atoms with Crippen molar-refractivity contribution in [2.24, 2.45) is 16.1 Å². The van der Waals surface area contributed by atoms with Gasteiger partial charge in [-0.3, -0.25) is 4.79 Å². The average molecular weight is 374 g/mol. The van der Waals surface area contributed by atoms with Gasteiger partial charge in [0.2, 0.25) is 5.91 Å². The molecule has 1 saturated heterocycles. The Bertz CT molecular complexity index is 630. The summed E-state index contributed by atoms with van der Waals surface area (Å²) in [6, 6.07) is 5.72. The number of hydrogen-bond donors (Lipinski definition) is 3. The summed E-state index contributed by atoms with van der Waals surface area (Å²) in [6.07, 6.45) is 6.87. The lowest BCUT2D eigenvalue weighted by atomic mass is 9.92. The number of anilines is 2. The molecule has 6 nitrogen and oxygen atoms in total. The fraction of sp³-hybridized carbons (Fsp3) is 0.619. The van der Waals surface area contributed by atoms with Crippen LogP contribution in [-0.4, -0.2) is 43.3 Å². The van der Waals surface area contributed by atoms with E-state index in [-0.39, 0.29) is 11.3 Å².